The minimum Gasteiger partial charge on any atom is -0.282 e. The molecule has 0 aliphatic carbocycles. The number of nitrogens with zero attached hydrogens (tertiary/aromatic N) is 1. The molecule has 0 amide bonds. The van der Waals surface area contributed by atoms with Crippen LogP contribution in [0.3, 0.4) is 0 Å². The van der Waals surface area contributed by atoms with Gasteiger partial charge in [0.1, 0.15) is 11.0 Å². The fourth-order valence-electron chi connectivity index (χ4n) is 1.08. The van der Waals surface area contributed by atoms with Crippen molar-refractivity contribution in [2.45, 2.75) is 11.8 Å². The van der Waals surface area contributed by atoms with Crippen LogP contribution in [0.2, 0.25) is 0 Å². The SMILES string of the molecule is Cc1cccc(C#N)c1S(=O)(=O)O. The van der Waals surface area contributed by atoms with Gasteiger partial charge in [-0.05, 0) is 18.6 Å². The fraction of sp³-hybridized carbons (Fsp3) is 0.125. The highest BCUT2D eigenvalue weighted by Crippen LogP contribution is 2.18. The van der Waals surface area contributed by atoms with Gasteiger partial charge in [0.15, 0.2) is 0 Å². The quantitative estimate of drug-likeness (QED) is 0.684. The Hall–Kier alpha value is -1.38. The van der Waals surface area contributed by atoms with Crippen molar-refractivity contribution in [1.29, 1.82) is 5.26 Å². The van der Waals surface area contributed by atoms with E-state index < -0.39 is 10.1 Å². The second kappa shape index (κ2) is 3.17. The molecule has 0 radical (unpaired) electrons. The van der Waals surface area contributed by atoms with Crippen molar-refractivity contribution in [3.8, 4) is 6.07 Å². The van der Waals surface area contributed by atoms with Crippen molar-refractivity contribution < 1.29 is 13.0 Å². The maximum atomic E-state index is 10.8. The van der Waals surface area contributed by atoms with Crippen molar-refractivity contribution in [2.24, 2.45) is 0 Å². The van der Waals surface area contributed by atoms with Gasteiger partial charge in [0.05, 0.1) is 5.56 Å². The third-order valence-electron chi connectivity index (χ3n) is 1.59. The summed E-state index contributed by atoms with van der Waals surface area (Å²) in [7, 11) is -4.30. The lowest BCUT2D eigenvalue weighted by atomic mass is 10.1. The third-order valence-corrected chi connectivity index (χ3v) is 2.65. The summed E-state index contributed by atoms with van der Waals surface area (Å²) >= 11 is 0. The summed E-state index contributed by atoms with van der Waals surface area (Å²) in [5.74, 6) is 0. The molecule has 0 bridgehead atoms. The molecule has 1 aromatic carbocycles. The zero-order valence-electron chi connectivity index (χ0n) is 6.85. The van der Waals surface area contributed by atoms with Crippen LogP contribution in [0.25, 0.3) is 0 Å². The summed E-state index contributed by atoms with van der Waals surface area (Å²) < 4.78 is 30.5. The molecule has 0 atom stereocenters. The summed E-state index contributed by atoms with van der Waals surface area (Å²) in [5.41, 5.74) is 0.323. The molecule has 0 aromatic heterocycles. The maximum Gasteiger partial charge on any atom is 0.296 e. The zero-order valence-corrected chi connectivity index (χ0v) is 7.67. The van der Waals surface area contributed by atoms with E-state index in [1.807, 2.05) is 0 Å². The van der Waals surface area contributed by atoms with Crippen LogP contribution in [0.1, 0.15) is 11.1 Å². The van der Waals surface area contributed by atoms with Gasteiger partial charge in [-0.15, -0.1) is 0 Å². The third kappa shape index (κ3) is 1.86. The van der Waals surface area contributed by atoms with Gasteiger partial charge in [0.25, 0.3) is 10.1 Å². The number of nitriles is 1. The Bertz CT molecular complexity index is 471. The summed E-state index contributed by atoms with van der Waals surface area (Å²) in [6.45, 7) is 1.52. The molecule has 5 heteroatoms. The summed E-state index contributed by atoms with van der Waals surface area (Å²) in [6.07, 6.45) is 0. The van der Waals surface area contributed by atoms with Crippen LogP contribution < -0.4 is 0 Å². The van der Waals surface area contributed by atoms with E-state index in [1.54, 1.807) is 12.1 Å². The highest BCUT2D eigenvalue weighted by atomic mass is 32.2. The molecule has 13 heavy (non-hydrogen) atoms. The fourth-order valence-corrected chi connectivity index (χ4v) is 1.95. The van der Waals surface area contributed by atoms with Crippen LogP contribution in [0.5, 0.6) is 0 Å². The highest BCUT2D eigenvalue weighted by Gasteiger charge is 2.17. The zero-order chi connectivity index (χ0) is 10.1. The van der Waals surface area contributed by atoms with Gasteiger partial charge in [-0.3, -0.25) is 4.55 Å². The Balaban J connectivity index is 3.62. The van der Waals surface area contributed by atoms with Gasteiger partial charge in [-0.25, -0.2) is 0 Å². The smallest absolute Gasteiger partial charge is 0.282 e. The van der Waals surface area contributed by atoms with Gasteiger partial charge < -0.3 is 0 Å². The Labute approximate surface area is 76.2 Å². The van der Waals surface area contributed by atoms with Gasteiger partial charge in [-0.2, -0.15) is 13.7 Å². The standard InChI is InChI=1S/C8H7NO3S/c1-6-3-2-4-7(5-9)8(6)13(10,11)12/h2-4H,1H3,(H,10,11,12). The molecule has 1 aromatic rings. The summed E-state index contributed by atoms with van der Waals surface area (Å²) in [4.78, 5) is -0.308. The first-order chi connectivity index (χ1) is 5.96. The molecule has 1 rings (SSSR count). The topological polar surface area (TPSA) is 78.2 Å². The van der Waals surface area contributed by atoms with E-state index >= 15 is 0 Å². The lowest BCUT2D eigenvalue weighted by Crippen LogP contribution is -2.03. The van der Waals surface area contributed by atoms with Crippen LogP contribution in [0.15, 0.2) is 23.1 Å². The van der Waals surface area contributed by atoms with E-state index in [0.717, 1.165) is 0 Å². The maximum absolute atomic E-state index is 10.8. The van der Waals surface area contributed by atoms with E-state index in [9.17, 15) is 8.42 Å². The normalized spacial score (nSPS) is 10.8. The largest absolute Gasteiger partial charge is 0.296 e. The van der Waals surface area contributed by atoms with E-state index in [-0.39, 0.29) is 10.5 Å². The molecule has 0 saturated carbocycles. The number of aryl methyl sites for hydroxylation is 1. The molecule has 0 aliphatic heterocycles. The molecule has 0 aliphatic rings. The lowest BCUT2D eigenvalue weighted by molar-refractivity contribution is 0.482. The molecule has 0 fully saturated rings. The number of hydrogen-bond acceptors (Lipinski definition) is 3. The van der Waals surface area contributed by atoms with Gasteiger partial charge in [-0.1, -0.05) is 12.1 Å². The van der Waals surface area contributed by atoms with E-state index in [0.29, 0.717) is 5.56 Å². The highest BCUT2D eigenvalue weighted by molar-refractivity contribution is 7.86. The molecule has 0 heterocycles. The van der Waals surface area contributed by atoms with Crippen LogP contribution in [-0.4, -0.2) is 13.0 Å². The molecule has 0 spiro atoms. The average molecular weight is 197 g/mol. The molecular weight excluding hydrogens is 190 g/mol. The van der Waals surface area contributed by atoms with E-state index in [1.165, 1.54) is 19.1 Å². The minimum absolute atomic E-state index is 0.0394. The first-order valence-corrected chi connectivity index (χ1v) is 4.88. The molecular formula is C8H7NO3S. The van der Waals surface area contributed by atoms with E-state index in [4.69, 9.17) is 9.81 Å². The molecule has 1 N–H and O–H groups in total. The Kier molecular flexibility index (Phi) is 2.36. The molecule has 0 saturated heterocycles. The molecule has 68 valence electrons. The van der Waals surface area contributed by atoms with Crippen molar-refractivity contribution in [3.63, 3.8) is 0 Å². The van der Waals surface area contributed by atoms with Gasteiger partial charge >= 0.3 is 0 Å². The predicted octanol–water partition coefficient (Wildman–Crippen LogP) is 1.11. The first-order valence-electron chi connectivity index (χ1n) is 3.44. The summed E-state index contributed by atoms with van der Waals surface area (Å²) in [6, 6.07) is 6.12. The number of benzene rings is 1. The molecule has 0 unspecified atom stereocenters. The predicted molar refractivity (Wildman–Crippen MR) is 45.7 cm³/mol. The second-order valence-corrected chi connectivity index (χ2v) is 3.90. The van der Waals surface area contributed by atoms with Crippen LogP contribution in [-0.2, 0) is 10.1 Å². The molecule has 4 nitrogen and oxygen atoms in total. The monoisotopic (exact) mass is 197 g/mol. The Morgan fingerprint density at radius 1 is 1.46 bits per heavy atom. The van der Waals surface area contributed by atoms with Gasteiger partial charge in [0.2, 0.25) is 0 Å². The van der Waals surface area contributed by atoms with Crippen LogP contribution in [0, 0.1) is 18.3 Å². The van der Waals surface area contributed by atoms with Gasteiger partial charge in [0, 0.05) is 0 Å². The second-order valence-electron chi connectivity index (χ2n) is 2.54. The van der Waals surface area contributed by atoms with Crippen LogP contribution in [0.4, 0.5) is 0 Å². The van der Waals surface area contributed by atoms with Crippen molar-refractivity contribution >= 4 is 10.1 Å². The van der Waals surface area contributed by atoms with Crippen LogP contribution >= 0.6 is 0 Å². The summed E-state index contributed by atoms with van der Waals surface area (Å²) in [5, 5.41) is 8.58. The Morgan fingerprint density at radius 2 is 2.08 bits per heavy atom. The average Bonchev–Trinajstić information content (AvgIpc) is 2.01. The number of rotatable bonds is 1. The van der Waals surface area contributed by atoms with Crippen molar-refractivity contribution in [3.05, 3.63) is 29.3 Å². The number of hydrogen-bond donors (Lipinski definition) is 1. The van der Waals surface area contributed by atoms with Crippen molar-refractivity contribution in [2.75, 3.05) is 0 Å². The minimum atomic E-state index is -4.30. The lowest BCUT2D eigenvalue weighted by Gasteiger charge is -2.02. The van der Waals surface area contributed by atoms with Crippen molar-refractivity contribution in [1.82, 2.24) is 0 Å². The first kappa shape index (κ1) is 9.71. The Morgan fingerprint density at radius 3 is 2.46 bits per heavy atom. The van der Waals surface area contributed by atoms with E-state index in [2.05, 4.69) is 0 Å².